The molecule has 1 aromatic heterocycles. The number of hydrogen-bond acceptors (Lipinski definition) is 4. The highest BCUT2D eigenvalue weighted by Crippen LogP contribution is 2.26. The first-order valence-corrected chi connectivity index (χ1v) is 5.11. The number of nitrogens with one attached hydrogen (secondary N) is 2. The van der Waals surface area contributed by atoms with E-state index in [4.69, 9.17) is 5.21 Å². The van der Waals surface area contributed by atoms with E-state index in [2.05, 4.69) is 36.6 Å². The molecule has 0 bridgehead atoms. The summed E-state index contributed by atoms with van der Waals surface area (Å²) in [7, 11) is 0. The fraction of sp³-hybridized carbons (Fsp3) is 0. The number of nitrogens with zero attached hydrogens (tertiary/aromatic N) is 2. The molecule has 1 heterocycles. The van der Waals surface area contributed by atoms with E-state index in [1.54, 1.807) is 18.3 Å². The summed E-state index contributed by atoms with van der Waals surface area (Å²) in [6.07, 6.45) is 2.46. The molecule has 0 spiro atoms. The Hall–Kier alpha value is -1.89. The summed E-state index contributed by atoms with van der Waals surface area (Å²) in [6.45, 7) is 0. The number of fused-ring (bicyclic) bond motifs is 1. The van der Waals surface area contributed by atoms with Crippen molar-refractivity contribution in [2.24, 2.45) is 5.16 Å². The van der Waals surface area contributed by atoms with Crippen LogP contribution in [-0.4, -0.2) is 27.5 Å². The molecule has 6 nitrogen and oxygen atoms in total. The molecule has 2 rings (SSSR count). The Morgan fingerprint density at radius 1 is 1.62 bits per heavy atom. The number of carbonyl (C=O) groups is 1. The summed E-state index contributed by atoms with van der Waals surface area (Å²) >= 11 is 3.36. The Morgan fingerprint density at radius 2 is 2.44 bits per heavy atom. The summed E-state index contributed by atoms with van der Waals surface area (Å²) in [5.41, 5.74) is 1.37. The summed E-state index contributed by atoms with van der Waals surface area (Å²) in [5.74, 6) is -0.506. The number of hydrogen-bond donors (Lipinski definition) is 3. The zero-order valence-corrected chi connectivity index (χ0v) is 9.52. The molecule has 1 aromatic carbocycles. The standard InChI is InChI=1S/C9H7BrN4O2/c10-7-1-5(13-9(15)4-12-16)2-8-6(7)3-11-14-8/h1-4,16H,(H,11,14)(H,13,15)/b12-4+. The average Bonchev–Trinajstić information content (AvgIpc) is 2.66. The Balaban J connectivity index is 2.35. The second kappa shape index (κ2) is 4.31. The van der Waals surface area contributed by atoms with E-state index in [-0.39, 0.29) is 0 Å². The van der Waals surface area contributed by atoms with Crippen molar-refractivity contribution < 1.29 is 10.0 Å². The highest BCUT2D eigenvalue weighted by Gasteiger charge is 2.05. The lowest BCUT2D eigenvalue weighted by Crippen LogP contribution is -2.12. The molecule has 7 heteroatoms. The van der Waals surface area contributed by atoms with Crippen LogP contribution in [0.25, 0.3) is 10.9 Å². The number of anilines is 1. The Labute approximate surface area is 98.5 Å². The lowest BCUT2D eigenvalue weighted by molar-refractivity contribution is -0.110. The number of benzene rings is 1. The molecule has 0 fully saturated rings. The molecule has 82 valence electrons. The number of oxime groups is 1. The maximum Gasteiger partial charge on any atom is 0.270 e. The minimum atomic E-state index is -0.506. The van der Waals surface area contributed by atoms with Crippen LogP contribution < -0.4 is 5.32 Å². The first kappa shape index (κ1) is 10.6. The minimum absolute atomic E-state index is 0.506. The lowest BCUT2D eigenvalue weighted by Gasteiger charge is -2.02. The van der Waals surface area contributed by atoms with Gasteiger partial charge in [-0.1, -0.05) is 5.16 Å². The molecule has 0 saturated carbocycles. The van der Waals surface area contributed by atoms with Gasteiger partial charge in [-0.25, -0.2) is 0 Å². The van der Waals surface area contributed by atoms with Crippen LogP contribution >= 0.6 is 15.9 Å². The topological polar surface area (TPSA) is 90.4 Å². The lowest BCUT2D eigenvalue weighted by atomic mass is 10.2. The predicted molar refractivity (Wildman–Crippen MR) is 62.7 cm³/mol. The maximum atomic E-state index is 11.1. The number of halogens is 1. The molecule has 0 saturated heterocycles. The van der Waals surface area contributed by atoms with Crippen molar-refractivity contribution >= 4 is 44.6 Å². The van der Waals surface area contributed by atoms with Crippen LogP contribution in [0, 0.1) is 0 Å². The molecule has 0 atom stereocenters. The fourth-order valence-corrected chi connectivity index (χ4v) is 1.87. The van der Waals surface area contributed by atoms with Gasteiger partial charge in [0.25, 0.3) is 5.91 Å². The molecular weight excluding hydrogens is 276 g/mol. The number of carbonyl (C=O) groups excluding carboxylic acids is 1. The van der Waals surface area contributed by atoms with Crippen molar-refractivity contribution in [2.75, 3.05) is 5.32 Å². The Bertz CT molecular complexity index is 564. The molecule has 0 radical (unpaired) electrons. The van der Waals surface area contributed by atoms with E-state index >= 15 is 0 Å². The molecule has 0 aliphatic heterocycles. The van der Waals surface area contributed by atoms with Crippen LogP contribution in [0.15, 0.2) is 28.0 Å². The highest BCUT2D eigenvalue weighted by atomic mass is 79.9. The van der Waals surface area contributed by atoms with Crippen LogP contribution in [0.5, 0.6) is 0 Å². The van der Waals surface area contributed by atoms with Gasteiger partial charge in [-0.3, -0.25) is 9.89 Å². The van der Waals surface area contributed by atoms with Crippen molar-refractivity contribution in [1.82, 2.24) is 10.2 Å². The van der Waals surface area contributed by atoms with Crippen molar-refractivity contribution in [3.8, 4) is 0 Å². The number of aromatic amines is 1. The summed E-state index contributed by atoms with van der Waals surface area (Å²) < 4.78 is 0.815. The third-order valence-corrected chi connectivity index (χ3v) is 2.61. The monoisotopic (exact) mass is 282 g/mol. The largest absolute Gasteiger partial charge is 0.411 e. The molecule has 0 aliphatic rings. The van der Waals surface area contributed by atoms with Gasteiger partial charge in [-0.05, 0) is 28.1 Å². The first-order chi connectivity index (χ1) is 7.70. The van der Waals surface area contributed by atoms with Gasteiger partial charge in [0.2, 0.25) is 0 Å². The molecule has 1 amide bonds. The van der Waals surface area contributed by atoms with Crippen LogP contribution in [-0.2, 0) is 4.79 Å². The van der Waals surface area contributed by atoms with E-state index in [0.717, 1.165) is 21.6 Å². The molecule has 0 aliphatic carbocycles. The Kier molecular flexibility index (Phi) is 2.86. The number of amides is 1. The minimum Gasteiger partial charge on any atom is -0.411 e. The van der Waals surface area contributed by atoms with Crippen molar-refractivity contribution in [3.63, 3.8) is 0 Å². The van der Waals surface area contributed by atoms with Gasteiger partial charge in [0, 0.05) is 15.5 Å². The van der Waals surface area contributed by atoms with Gasteiger partial charge < -0.3 is 10.5 Å². The zero-order chi connectivity index (χ0) is 11.5. The van der Waals surface area contributed by atoms with Gasteiger partial charge >= 0.3 is 0 Å². The van der Waals surface area contributed by atoms with Crippen molar-refractivity contribution in [2.45, 2.75) is 0 Å². The van der Waals surface area contributed by atoms with Gasteiger partial charge in [-0.15, -0.1) is 0 Å². The number of rotatable bonds is 2. The fourth-order valence-electron chi connectivity index (χ4n) is 1.31. The van der Waals surface area contributed by atoms with Gasteiger partial charge in [0.15, 0.2) is 0 Å². The quantitative estimate of drug-likeness (QED) is 0.445. The van der Waals surface area contributed by atoms with Crippen LogP contribution in [0.1, 0.15) is 0 Å². The predicted octanol–water partition coefficient (Wildman–Crippen LogP) is 1.72. The summed E-state index contributed by atoms with van der Waals surface area (Å²) in [6, 6.07) is 3.47. The molecule has 16 heavy (non-hydrogen) atoms. The van der Waals surface area contributed by atoms with Crippen molar-refractivity contribution in [3.05, 3.63) is 22.8 Å². The molecular formula is C9H7BrN4O2. The van der Waals surface area contributed by atoms with E-state index in [9.17, 15) is 4.79 Å². The molecule has 2 aromatic rings. The van der Waals surface area contributed by atoms with Crippen LogP contribution in [0.4, 0.5) is 5.69 Å². The summed E-state index contributed by atoms with van der Waals surface area (Å²) in [4.78, 5) is 11.1. The third-order valence-electron chi connectivity index (χ3n) is 1.95. The molecule has 3 N–H and O–H groups in total. The van der Waals surface area contributed by atoms with Gasteiger partial charge in [-0.2, -0.15) is 5.10 Å². The summed E-state index contributed by atoms with van der Waals surface area (Å²) in [5, 5.41) is 21.0. The van der Waals surface area contributed by atoms with Crippen LogP contribution in [0.2, 0.25) is 0 Å². The SMILES string of the molecule is O=C(/C=N/O)Nc1cc(Br)c2cn[nH]c2c1. The normalized spacial score (nSPS) is 11.1. The zero-order valence-electron chi connectivity index (χ0n) is 7.94. The van der Waals surface area contributed by atoms with E-state index < -0.39 is 5.91 Å². The second-order valence-corrected chi connectivity index (χ2v) is 3.88. The first-order valence-electron chi connectivity index (χ1n) is 4.32. The highest BCUT2D eigenvalue weighted by molar-refractivity contribution is 9.10. The Morgan fingerprint density at radius 3 is 3.19 bits per heavy atom. The third kappa shape index (κ3) is 2.03. The van der Waals surface area contributed by atoms with Gasteiger partial charge in [0.05, 0.1) is 11.7 Å². The second-order valence-electron chi connectivity index (χ2n) is 3.02. The van der Waals surface area contributed by atoms with Crippen LogP contribution in [0.3, 0.4) is 0 Å². The van der Waals surface area contributed by atoms with E-state index in [1.165, 1.54) is 0 Å². The van der Waals surface area contributed by atoms with E-state index in [0.29, 0.717) is 5.69 Å². The number of H-pyrrole nitrogens is 1. The maximum absolute atomic E-state index is 11.1. The molecule has 0 unspecified atom stereocenters. The van der Waals surface area contributed by atoms with Gasteiger partial charge in [0.1, 0.15) is 6.21 Å². The average molecular weight is 283 g/mol. The van der Waals surface area contributed by atoms with Crippen molar-refractivity contribution in [1.29, 1.82) is 0 Å². The van der Waals surface area contributed by atoms with E-state index in [1.807, 2.05) is 0 Å². The number of aromatic nitrogens is 2. The smallest absolute Gasteiger partial charge is 0.270 e.